The average molecular weight is 311 g/mol. The van der Waals surface area contributed by atoms with E-state index in [1.807, 2.05) is 0 Å². The van der Waals surface area contributed by atoms with Crippen molar-refractivity contribution in [2.24, 2.45) is 0 Å². The minimum Gasteiger partial charge on any atom is -0.326 e. The molecule has 0 radical (unpaired) electrons. The number of rotatable bonds is 3. The lowest BCUT2D eigenvalue weighted by molar-refractivity contribution is -0.136. The Hall–Kier alpha value is -0.940. The molecular formula is C12H11Cl2F3N2. The molecule has 19 heavy (non-hydrogen) atoms. The molecule has 1 atom stereocenters. The Morgan fingerprint density at radius 2 is 2.05 bits per heavy atom. The van der Waals surface area contributed by atoms with Crippen LogP contribution in [0.5, 0.6) is 0 Å². The summed E-state index contributed by atoms with van der Waals surface area (Å²) >= 11 is 12.0. The van der Waals surface area contributed by atoms with E-state index in [-0.39, 0.29) is 6.54 Å². The fourth-order valence-corrected chi connectivity index (χ4v) is 2.29. The number of aromatic nitrogens is 2. The first-order chi connectivity index (χ1) is 8.79. The summed E-state index contributed by atoms with van der Waals surface area (Å²) in [5.74, 6) is 0.397. The largest absolute Gasteiger partial charge is 0.390 e. The molecule has 0 spiro atoms. The molecule has 2 rings (SSSR count). The fourth-order valence-electron chi connectivity index (χ4n) is 1.91. The van der Waals surface area contributed by atoms with Crippen LogP contribution in [-0.2, 0) is 6.54 Å². The quantitative estimate of drug-likeness (QED) is 0.734. The van der Waals surface area contributed by atoms with Crippen LogP contribution in [0.4, 0.5) is 13.2 Å². The molecule has 1 heterocycles. The van der Waals surface area contributed by atoms with Gasteiger partial charge in [-0.05, 0) is 19.1 Å². The summed E-state index contributed by atoms with van der Waals surface area (Å²) in [7, 11) is 0. The number of halogens is 5. The average Bonchev–Trinajstić information content (AvgIpc) is 2.66. The lowest BCUT2D eigenvalue weighted by Crippen LogP contribution is -2.14. The molecule has 0 bridgehead atoms. The Kier molecular flexibility index (Phi) is 3.97. The van der Waals surface area contributed by atoms with Gasteiger partial charge >= 0.3 is 6.18 Å². The summed E-state index contributed by atoms with van der Waals surface area (Å²) in [6, 6.07) is 5.01. The van der Waals surface area contributed by atoms with Crippen molar-refractivity contribution < 1.29 is 13.2 Å². The van der Waals surface area contributed by atoms with E-state index in [0.29, 0.717) is 21.9 Å². The van der Waals surface area contributed by atoms with Gasteiger partial charge in [0.15, 0.2) is 0 Å². The Balaban J connectivity index is 2.50. The number of nitrogens with zero attached hydrogens (tertiary/aromatic N) is 2. The van der Waals surface area contributed by atoms with E-state index in [1.54, 1.807) is 25.1 Å². The summed E-state index contributed by atoms with van der Waals surface area (Å²) in [5, 5.41) is -0.0847. The number of para-hydroxylation sites is 1. The van der Waals surface area contributed by atoms with Crippen molar-refractivity contribution in [3.63, 3.8) is 0 Å². The van der Waals surface area contributed by atoms with E-state index in [0.717, 1.165) is 0 Å². The molecule has 2 aromatic rings. The maximum Gasteiger partial charge on any atom is 0.390 e. The zero-order valence-electron chi connectivity index (χ0n) is 10.0. The monoisotopic (exact) mass is 310 g/mol. The van der Waals surface area contributed by atoms with Gasteiger partial charge in [0.05, 0.1) is 22.3 Å². The van der Waals surface area contributed by atoms with Crippen LogP contribution in [0, 0.1) is 0 Å². The molecule has 104 valence electrons. The van der Waals surface area contributed by atoms with Crippen molar-refractivity contribution in [3.8, 4) is 0 Å². The summed E-state index contributed by atoms with van der Waals surface area (Å²) < 4.78 is 38.6. The number of hydrogen-bond donors (Lipinski definition) is 0. The van der Waals surface area contributed by atoms with Gasteiger partial charge in [0.1, 0.15) is 11.3 Å². The van der Waals surface area contributed by atoms with E-state index < -0.39 is 18.0 Å². The second kappa shape index (κ2) is 5.21. The summed E-state index contributed by atoms with van der Waals surface area (Å²) in [6.07, 6.45) is -5.15. The molecule has 1 aromatic heterocycles. The predicted octanol–water partition coefficient (Wildman–Crippen LogP) is 4.94. The molecule has 0 aliphatic rings. The molecule has 2 nitrogen and oxygen atoms in total. The maximum atomic E-state index is 12.4. The van der Waals surface area contributed by atoms with E-state index in [4.69, 9.17) is 23.2 Å². The minimum absolute atomic E-state index is 0.216. The van der Waals surface area contributed by atoms with Crippen molar-refractivity contribution in [1.82, 2.24) is 9.55 Å². The standard InChI is InChI=1S/C12H11Cl2F3N2/c1-7(13)11-18-10-8(14)3-2-4-9(10)19(11)6-5-12(15,16)17/h2-4,7H,5-6H2,1H3. The van der Waals surface area contributed by atoms with E-state index in [2.05, 4.69) is 4.98 Å². The van der Waals surface area contributed by atoms with Crippen LogP contribution < -0.4 is 0 Å². The number of fused-ring (bicyclic) bond motifs is 1. The topological polar surface area (TPSA) is 17.8 Å². The van der Waals surface area contributed by atoms with Crippen LogP contribution in [0.1, 0.15) is 24.5 Å². The van der Waals surface area contributed by atoms with Gasteiger partial charge in [-0.25, -0.2) is 4.98 Å². The fraction of sp³-hybridized carbons (Fsp3) is 0.417. The summed E-state index contributed by atoms with van der Waals surface area (Å²) in [6.45, 7) is 1.45. The van der Waals surface area contributed by atoms with Crippen molar-refractivity contribution in [1.29, 1.82) is 0 Å². The zero-order valence-corrected chi connectivity index (χ0v) is 11.5. The van der Waals surface area contributed by atoms with Crippen LogP contribution in [0.2, 0.25) is 5.02 Å². The number of aryl methyl sites for hydroxylation is 1. The van der Waals surface area contributed by atoms with Crippen LogP contribution in [-0.4, -0.2) is 15.7 Å². The second-order valence-corrected chi connectivity index (χ2v) is 5.27. The van der Waals surface area contributed by atoms with Crippen LogP contribution >= 0.6 is 23.2 Å². The third-order valence-electron chi connectivity index (χ3n) is 2.73. The normalized spacial score (nSPS) is 14.0. The molecule has 0 fully saturated rings. The SMILES string of the molecule is CC(Cl)c1nc2c(Cl)cccc2n1CCC(F)(F)F. The summed E-state index contributed by atoms with van der Waals surface area (Å²) in [4.78, 5) is 4.24. The highest BCUT2D eigenvalue weighted by atomic mass is 35.5. The third kappa shape index (κ3) is 3.15. The van der Waals surface area contributed by atoms with E-state index in [9.17, 15) is 13.2 Å². The van der Waals surface area contributed by atoms with Gasteiger partial charge in [0.25, 0.3) is 0 Å². The number of alkyl halides is 4. The Morgan fingerprint density at radius 3 is 2.63 bits per heavy atom. The first-order valence-electron chi connectivity index (χ1n) is 5.65. The molecule has 0 aliphatic carbocycles. The molecule has 1 unspecified atom stereocenters. The lowest BCUT2D eigenvalue weighted by Gasteiger charge is -2.12. The zero-order chi connectivity index (χ0) is 14.2. The highest BCUT2D eigenvalue weighted by Gasteiger charge is 2.28. The second-order valence-electron chi connectivity index (χ2n) is 4.21. The molecular weight excluding hydrogens is 300 g/mol. The van der Waals surface area contributed by atoms with E-state index >= 15 is 0 Å². The molecule has 0 saturated carbocycles. The molecule has 0 aliphatic heterocycles. The number of hydrogen-bond acceptors (Lipinski definition) is 1. The number of benzene rings is 1. The van der Waals surface area contributed by atoms with Gasteiger partial charge in [0, 0.05) is 6.54 Å². The molecule has 7 heteroatoms. The Morgan fingerprint density at radius 1 is 1.37 bits per heavy atom. The molecule has 0 saturated heterocycles. The van der Waals surface area contributed by atoms with Gasteiger partial charge < -0.3 is 4.57 Å². The molecule has 0 amide bonds. The van der Waals surface area contributed by atoms with Crippen molar-refractivity contribution in [2.75, 3.05) is 0 Å². The first kappa shape index (κ1) is 14.5. The molecule has 1 aromatic carbocycles. The Labute approximate surface area is 118 Å². The van der Waals surface area contributed by atoms with E-state index in [1.165, 1.54) is 4.57 Å². The van der Waals surface area contributed by atoms with Gasteiger partial charge in [-0.15, -0.1) is 11.6 Å². The molecule has 0 N–H and O–H groups in total. The van der Waals surface area contributed by atoms with Crippen LogP contribution in [0.3, 0.4) is 0 Å². The maximum absolute atomic E-state index is 12.4. The lowest BCUT2D eigenvalue weighted by atomic mass is 10.3. The minimum atomic E-state index is -4.22. The first-order valence-corrected chi connectivity index (χ1v) is 6.46. The van der Waals surface area contributed by atoms with Crippen molar-refractivity contribution in [3.05, 3.63) is 29.0 Å². The van der Waals surface area contributed by atoms with Crippen molar-refractivity contribution in [2.45, 2.75) is 31.4 Å². The third-order valence-corrected chi connectivity index (χ3v) is 3.23. The van der Waals surface area contributed by atoms with Gasteiger partial charge in [-0.1, -0.05) is 17.7 Å². The number of imidazole rings is 1. The van der Waals surface area contributed by atoms with Crippen LogP contribution in [0.25, 0.3) is 11.0 Å². The van der Waals surface area contributed by atoms with Gasteiger partial charge in [-0.2, -0.15) is 13.2 Å². The Bertz CT molecular complexity index is 590. The van der Waals surface area contributed by atoms with Crippen LogP contribution in [0.15, 0.2) is 18.2 Å². The summed E-state index contributed by atoms with van der Waals surface area (Å²) in [5.41, 5.74) is 1.05. The smallest absolute Gasteiger partial charge is 0.326 e. The predicted molar refractivity (Wildman–Crippen MR) is 69.7 cm³/mol. The highest BCUT2D eigenvalue weighted by molar-refractivity contribution is 6.35. The van der Waals surface area contributed by atoms with Gasteiger partial charge in [-0.3, -0.25) is 0 Å². The van der Waals surface area contributed by atoms with Crippen molar-refractivity contribution >= 4 is 34.2 Å². The van der Waals surface area contributed by atoms with Gasteiger partial charge in [0.2, 0.25) is 0 Å². The highest BCUT2D eigenvalue weighted by Crippen LogP contribution is 2.30.